The Morgan fingerprint density at radius 3 is 2.59 bits per heavy atom. The minimum Gasteiger partial charge on any atom is -0.493 e. The first kappa shape index (κ1) is 20.1. The number of hydrogen-bond acceptors (Lipinski definition) is 5. The Labute approximate surface area is 159 Å². The van der Waals surface area contributed by atoms with Gasteiger partial charge in [0.05, 0.1) is 13.7 Å². The summed E-state index contributed by atoms with van der Waals surface area (Å²) < 4.78 is 16.3. The van der Waals surface area contributed by atoms with Crippen LogP contribution in [0, 0.1) is 11.3 Å². The predicted molar refractivity (Wildman–Crippen MR) is 103 cm³/mol. The zero-order valence-corrected chi connectivity index (χ0v) is 15.6. The molecule has 0 radical (unpaired) electrons. The zero-order valence-electron chi connectivity index (χ0n) is 15.6. The number of benzene rings is 2. The molecule has 5 heteroatoms. The summed E-state index contributed by atoms with van der Waals surface area (Å²) in [5.74, 6) is 0.494. The van der Waals surface area contributed by atoms with Gasteiger partial charge >= 0.3 is 5.97 Å². The molecule has 5 nitrogen and oxygen atoms in total. The molecule has 0 unspecified atom stereocenters. The van der Waals surface area contributed by atoms with E-state index in [1.807, 2.05) is 43.3 Å². The number of hydrogen-bond donors (Lipinski definition) is 0. The third kappa shape index (κ3) is 6.19. The van der Waals surface area contributed by atoms with E-state index in [1.165, 1.54) is 6.08 Å². The van der Waals surface area contributed by atoms with Crippen LogP contribution in [0.5, 0.6) is 11.5 Å². The fourth-order valence-corrected chi connectivity index (χ4v) is 2.32. The number of unbranched alkanes of at least 4 members (excludes halogenated alkanes) is 1. The lowest BCUT2D eigenvalue weighted by Crippen LogP contribution is -2.07. The molecule has 0 spiro atoms. The summed E-state index contributed by atoms with van der Waals surface area (Å²) in [6, 6.07) is 16.9. The van der Waals surface area contributed by atoms with Crippen LogP contribution < -0.4 is 9.47 Å². The van der Waals surface area contributed by atoms with E-state index in [4.69, 9.17) is 14.2 Å². The Hall–Kier alpha value is -3.26. The maximum atomic E-state index is 12.0. The van der Waals surface area contributed by atoms with Gasteiger partial charge in [-0.25, -0.2) is 4.79 Å². The van der Waals surface area contributed by atoms with E-state index in [9.17, 15) is 10.1 Å². The van der Waals surface area contributed by atoms with E-state index in [-0.39, 0.29) is 5.57 Å². The van der Waals surface area contributed by atoms with E-state index in [2.05, 4.69) is 0 Å². The standard InChI is InChI=1S/C22H23NO4/c1-3-4-12-26-22(24)19(15-23)13-18-10-11-20(21(14-18)25-2)27-16-17-8-6-5-7-9-17/h5-11,13-14H,3-4,12,16H2,1-2H3/b19-13+. The van der Waals surface area contributed by atoms with E-state index >= 15 is 0 Å². The van der Waals surface area contributed by atoms with Gasteiger partial charge in [0.15, 0.2) is 11.5 Å². The number of ether oxygens (including phenoxy) is 3. The highest BCUT2D eigenvalue weighted by molar-refractivity contribution is 5.97. The zero-order chi connectivity index (χ0) is 19.5. The second kappa shape index (κ2) is 10.7. The molecular weight excluding hydrogens is 342 g/mol. The van der Waals surface area contributed by atoms with Crippen LogP contribution in [0.2, 0.25) is 0 Å². The summed E-state index contributed by atoms with van der Waals surface area (Å²) in [5, 5.41) is 9.23. The first-order valence-electron chi connectivity index (χ1n) is 8.81. The van der Waals surface area contributed by atoms with Crippen molar-refractivity contribution in [2.45, 2.75) is 26.4 Å². The normalized spacial score (nSPS) is 10.8. The Morgan fingerprint density at radius 1 is 1.15 bits per heavy atom. The average Bonchev–Trinajstić information content (AvgIpc) is 2.71. The van der Waals surface area contributed by atoms with Gasteiger partial charge in [-0.15, -0.1) is 0 Å². The monoisotopic (exact) mass is 365 g/mol. The molecule has 2 aromatic rings. The molecule has 27 heavy (non-hydrogen) atoms. The van der Waals surface area contributed by atoms with Gasteiger partial charge in [0, 0.05) is 0 Å². The third-order valence-corrected chi connectivity index (χ3v) is 3.81. The molecule has 0 heterocycles. The largest absolute Gasteiger partial charge is 0.493 e. The highest BCUT2D eigenvalue weighted by Crippen LogP contribution is 2.29. The lowest BCUT2D eigenvalue weighted by atomic mass is 10.1. The third-order valence-electron chi connectivity index (χ3n) is 3.81. The molecule has 0 aromatic heterocycles. The predicted octanol–water partition coefficient (Wildman–Crippen LogP) is 4.52. The van der Waals surface area contributed by atoms with E-state index in [1.54, 1.807) is 25.3 Å². The highest BCUT2D eigenvalue weighted by atomic mass is 16.5. The Morgan fingerprint density at radius 2 is 1.93 bits per heavy atom. The Balaban J connectivity index is 2.11. The molecule has 0 amide bonds. The van der Waals surface area contributed by atoms with Crippen molar-refractivity contribution < 1.29 is 19.0 Å². The number of esters is 1. The molecule has 0 aliphatic rings. The number of carbonyl (C=O) groups is 1. The quantitative estimate of drug-likeness (QED) is 0.283. The summed E-state index contributed by atoms with van der Waals surface area (Å²) in [6.07, 6.45) is 3.17. The molecule has 0 saturated heterocycles. The minimum atomic E-state index is -0.616. The van der Waals surface area contributed by atoms with E-state index < -0.39 is 5.97 Å². The Bertz CT molecular complexity index is 822. The smallest absolute Gasteiger partial charge is 0.348 e. The summed E-state index contributed by atoms with van der Waals surface area (Å²) in [7, 11) is 1.54. The maximum absolute atomic E-state index is 12.0. The fourth-order valence-electron chi connectivity index (χ4n) is 2.32. The van der Waals surface area contributed by atoms with Crippen LogP contribution in [0.25, 0.3) is 6.08 Å². The van der Waals surface area contributed by atoms with Crippen molar-refractivity contribution in [1.29, 1.82) is 5.26 Å². The molecule has 2 rings (SSSR count). The van der Waals surface area contributed by atoms with Crippen molar-refractivity contribution in [3.05, 3.63) is 65.2 Å². The van der Waals surface area contributed by atoms with Crippen molar-refractivity contribution in [3.63, 3.8) is 0 Å². The molecule has 0 N–H and O–H groups in total. The second-order valence-electron chi connectivity index (χ2n) is 5.84. The number of methoxy groups -OCH3 is 1. The van der Waals surface area contributed by atoms with Crippen LogP contribution in [-0.4, -0.2) is 19.7 Å². The maximum Gasteiger partial charge on any atom is 0.348 e. The molecular formula is C22H23NO4. The van der Waals surface area contributed by atoms with Crippen molar-refractivity contribution in [2.24, 2.45) is 0 Å². The van der Waals surface area contributed by atoms with Gasteiger partial charge in [-0.05, 0) is 35.8 Å². The van der Waals surface area contributed by atoms with Crippen molar-refractivity contribution in [3.8, 4) is 17.6 Å². The molecule has 0 saturated carbocycles. The number of carbonyl (C=O) groups excluding carboxylic acids is 1. The average molecular weight is 365 g/mol. The molecule has 0 fully saturated rings. The number of nitriles is 1. The second-order valence-corrected chi connectivity index (χ2v) is 5.84. The fraction of sp³-hybridized carbons (Fsp3) is 0.273. The van der Waals surface area contributed by atoms with Crippen LogP contribution in [-0.2, 0) is 16.1 Å². The summed E-state index contributed by atoms with van der Waals surface area (Å²) in [4.78, 5) is 12.0. The molecule has 0 atom stereocenters. The van der Waals surface area contributed by atoms with Crippen molar-refractivity contribution in [1.82, 2.24) is 0 Å². The molecule has 0 bridgehead atoms. The van der Waals surface area contributed by atoms with Crippen LogP contribution in [0.3, 0.4) is 0 Å². The molecule has 140 valence electrons. The number of nitrogens with zero attached hydrogens (tertiary/aromatic N) is 1. The van der Waals surface area contributed by atoms with Gasteiger partial charge in [0.1, 0.15) is 18.2 Å². The topological polar surface area (TPSA) is 68.6 Å². The first-order valence-corrected chi connectivity index (χ1v) is 8.81. The summed E-state index contributed by atoms with van der Waals surface area (Å²) in [6.45, 7) is 2.73. The van der Waals surface area contributed by atoms with Gasteiger partial charge in [-0.2, -0.15) is 5.26 Å². The van der Waals surface area contributed by atoms with E-state index in [0.717, 1.165) is 18.4 Å². The Kier molecular flexibility index (Phi) is 7.92. The minimum absolute atomic E-state index is 0.0499. The van der Waals surface area contributed by atoms with Gasteiger partial charge in [-0.3, -0.25) is 0 Å². The molecule has 2 aromatic carbocycles. The lowest BCUT2D eigenvalue weighted by Gasteiger charge is -2.11. The van der Waals surface area contributed by atoms with Crippen molar-refractivity contribution in [2.75, 3.05) is 13.7 Å². The highest BCUT2D eigenvalue weighted by Gasteiger charge is 2.12. The van der Waals surface area contributed by atoms with Crippen LogP contribution in [0.4, 0.5) is 0 Å². The SMILES string of the molecule is CCCCOC(=O)/C(C#N)=C/c1ccc(OCc2ccccc2)c(OC)c1. The molecule has 0 aliphatic heterocycles. The first-order chi connectivity index (χ1) is 13.2. The summed E-state index contributed by atoms with van der Waals surface area (Å²) >= 11 is 0. The van der Waals surface area contributed by atoms with Crippen molar-refractivity contribution >= 4 is 12.0 Å². The number of rotatable bonds is 9. The van der Waals surface area contributed by atoms with Crippen LogP contribution in [0.1, 0.15) is 30.9 Å². The van der Waals surface area contributed by atoms with Crippen LogP contribution in [0.15, 0.2) is 54.1 Å². The van der Waals surface area contributed by atoms with Gasteiger partial charge in [-0.1, -0.05) is 49.7 Å². The van der Waals surface area contributed by atoms with Gasteiger partial charge in [0.25, 0.3) is 0 Å². The van der Waals surface area contributed by atoms with E-state index in [0.29, 0.717) is 30.3 Å². The van der Waals surface area contributed by atoms with Crippen LogP contribution >= 0.6 is 0 Å². The summed E-state index contributed by atoms with van der Waals surface area (Å²) in [5.41, 5.74) is 1.65. The van der Waals surface area contributed by atoms with Gasteiger partial charge in [0.2, 0.25) is 0 Å². The lowest BCUT2D eigenvalue weighted by molar-refractivity contribution is -0.138. The molecule has 0 aliphatic carbocycles. The van der Waals surface area contributed by atoms with Gasteiger partial charge < -0.3 is 14.2 Å².